The molecule has 39 heavy (non-hydrogen) atoms. The van der Waals surface area contributed by atoms with Gasteiger partial charge in [-0.1, -0.05) is 13.3 Å². The lowest BCUT2D eigenvalue weighted by Crippen LogP contribution is -2.41. The third-order valence-corrected chi connectivity index (χ3v) is 7.10. The Bertz CT molecular complexity index is 1580. The van der Waals surface area contributed by atoms with E-state index in [9.17, 15) is 26.4 Å². The molecule has 4 rings (SSSR count). The molecule has 0 spiro atoms. The Morgan fingerprint density at radius 1 is 1.21 bits per heavy atom. The van der Waals surface area contributed by atoms with Crippen LogP contribution in [-0.2, 0) is 21.0 Å². The number of rotatable bonds is 8. The summed E-state index contributed by atoms with van der Waals surface area (Å²) in [4.78, 5) is 24.6. The number of hydrazone groups is 1. The number of aliphatic imine (C=N–C) groups is 2. The van der Waals surface area contributed by atoms with Crippen LogP contribution in [0.5, 0.6) is 5.75 Å². The number of likely N-dealkylation sites (N-methyl/N-ethyl adjacent to an activating group) is 1. The number of hydrogen-bond acceptors (Lipinski definition) is 9. The molecule has 3 heterocycles. The van der Waals surface area contributed by atoms with Crippen LogP contribution in [0.3, 0.4) is 0 Å². The molecule has 15 heteroatoms. The van der Waals surface area contributed by atoms with Gasteiger partial charge in [-0.25, -0.2) is 18.4 Å². The van der Waals surface area contributed by atoms with E-state index in [1.54, 1.807) is 14.0 Å². The van der Waals surface area contributed by atoms with Crippen LogP contribution in [0.15, 0.2) is 50.4 Å². The molecule has 11 nitrogen and oxygen atoms in total. The molecule has 0 bridgehead atoms. The molecule has 0 saturated heterocycles. The Balaban J connectivity index is 1.75. The molecule has 1 N–H and O–H groups in total. The molecular formula is C24H22F3N7O4S. The summed E-state index contributed by atoms with van der Waals surface area (Å²) in [5.41, 5.74) is -1.66. The maximum Gasteiger partial charge on any atom is 0.419 e. The first-order valence-corrected chi connectivity index (χ1v) is 13.2. The normalized spacial score (nSPS) is 17.2. The van der Waals surface area contributed by atoms with E-state index < -0.39 is 45.1 Å². The number of amides is 1. The first kappa shape index (κ1) is 27.7. The minimum Gasteiger partial charge on any atom is -0.493 e. The van der Waals surface area contributed by atoms with Gasteiger partial charge in [-0.15, -0.1) is 0 Å². The highest BCUT2D eigenvalue weighted by Gasteiger charge is 2.40. The summed E-state index contributed by atoms with van der Waals surface area (Å²) in [6, 6.07) is 4.73. The van der Waals surface area contributed by atoms with E-state index in [1.807, 2.05) is 11.6 Å². The number of fused-ring (bicyclic) bond motifs is 1. The third kappa shape index (κ3) is 5.46. The zero-order chi connectivity index (χ0) is 28.5. The number of nitrogens with one attached hydrogen (secondary N) is 1. The number of pyridine rings is 1. The second-order valence-electron chi connectivity index (χ2n) is 8.47. The number of ether oxygens (including phenoxy) is 1. The van der Waals surface area contributed by atoms with Gasteiger partial charge < -0.3 is 4.74 Å². The van der Waals surface area contributed by atoms with Crippen LogP contribution in [0.4, 0.5) is 18.9 Å². The quantitative estimate of drug-likeness (QED) is 0.519. The summed E-state index contributed by atoms with van der Waals surface area (Å²) in [7, 11) is -2.83. The largest absolute Gasteiger partial charge is 0.493 e. The molecule has 0 fully saturated rings. The highest BCUT2D eigenvalue weighted by Crippen LogP contribution is 2.33. The van der Waals surface area contributed by atoms with Crippen LogP contribution in [0.2, 0.25) is 0 Å². The van der Waals surface area contributed by atoms with Gasteiger partial charge in [-0.05, 0) is 37.6 Å². The van der Waals surface area contributed by atoms with Crippen molar-refractivity contribution in [2.45, 2.75) is 43.8 Å². The van der Waals surface area contributed by atoms with Gasteiger partial charge in [-0.3, -0.25) is 14.5 Å². The predicted octanol–water partition coefficient (Wildman–Crippen LogP) is 3.37. The summed E-state index contributed by atoms with van der Waals surface area (Å²) < 4.78 is 73.9. The lowest BCUT2D eigenvalue weighted by atomic mass is 10.0. The van der Waals surface area contributed by atoms with Gasteiger partial charge in [0.1, 0.15) is 17.5 Å². The molecule has 204 valence electrons. The summed E-state index contributed by atoms with van der Waals surface area (Å²) in [5, 5.41) is 14.8. The molecule has 2 aliphatic heterocycles. The second-order valence-corrected chi connectivity index (χ2v) is 10.2. The Morgan fingerprint density at radius 2 is 1.95 bits per heavy atom. The lowest BCUT2D eigenvalue weighted by Gasteiger charge is -2.21. The number of alkyl halides is 3. The zero-order valence-corrected chi connectivity index (χ0v) is 21.8. The van der Waals surface area contributed by atoms with Crippen molar-refractivity contribution < 1.29 is 31.1 Å². The maximum absolute atomic E-state index is 13.3. The van der Waals surface area contributed by atoms with Crippen LogP contribution in [-0.4, -0.2) is 61.3 Å². The molecule has 2 aliphatic rings. The molecule has 0 saturated carbocycles. The molecule has 1 aromatic carbocycles. The van der Waals surface area contributed by atoms with E-state index >= 15 is 0 Å². The van der Waals surface area contributed by atoms with E-state index in [2.05, 4.69) is 20.1 Å². The molecular weight excluding hydrogens is 539 g/mol. The number of anilines is 1. The molecule has 1 unspecified atom stereocenters. The number of hydrogen-bond donors (Lipinski definition) is 1. The molecule has 2 aromatic rings. The van der Waals surface area contributed by atoms with Crippen LogP contribution in [0, 0.1) is 11.3 Å². The summed E-state index contributed by atoms with van der Waals surface area (Å²) >= 11 is 0. The Hall–Kier alpha value is -4.32. The van der Waals surface area contributed by atoms with Crippen molar-refractivity contribution in [3.63, 3.8) is 0 Å². The van der Waals surface area contributed by atoms with Crippen molar-refractivity contribution in [2.75, 3.05) is 18.4 Å². The lowest BCUT2D eigenvalue weighted by molar-refractivity contribution is -0.138. The number of aromatic nitrogens is 1. The number of sulfonamides is 1. The smallest absolute Gasteiger partial charge is 0.419 e. The van der Waals surface area contributed by atoms with E-state index in [0.717, 1.165) is 12.6 Å². The fourth-order valence-corrected chi connectivity index (χ4v) is 5.11. The molecule has 1 aromatic heterocycles. The first-order chi connectivity index (χ1) is 18.4. The van der Waals surface area contributed by atoms with E-state index in [-0.39, 0.29) is 28.7 Å². The van der Waals surface area contributed by atoms with Gasteiger partial charge in [0.15, 0.2) is 17.6 Å². The zero-order valence-electron chi connectivity index (χ0n) is 20.9. The molecule has 1 atom stereocenters. The van der Waals surface area contributed by atoms with Crippen molar-refractivity contribution in [3.05, 3.63) is 47.3 Å². The fourth-order valence-electron chi connectivity index (χ4n) is 4.05. The molecule has 0 aliphatic carbocycles. The van der Waals surface area contributed by atoms with Crippen molar-refractivity contribution in [3.8, 4) is 11.8 Å². The third-order valence-electron chi connectivity index (χ3n) is 5.72. The van der Waals surface area contributed by atoms with Gasteiger partial charge >= 0.3 is 6.18 Å². The van der Waals surface area contributed by atoms with Crippen molar-refractivity contribution in [1.29, 1.82) is 5.26 Å². The minimum absolute atomic E-state index is 0.0785. The number of amidine groups is 1. The van der Waals surface area contributed by atoms with Gasteiger partial charge in [0, 0.05) is 7.05 Å². The second kappa shape index (κ2) is 10.4. The van der Waals surface area contributed by atoms with Gasteiger partial charge in [-0.2, -0.15) is 28.5 Å². The van der Waals surface area contributed by atoms with Crippen LogP contribution in [0.1, 0.15) is 43.5 Å². The van der Waals surface area contributed by atoms with Crippen molar-refractivity contribution in [1.82, 2.24) is 9.99 Å². The highest BCUT2D eigenvalue weighted by molar-refractivity contribution is 7.92. The van der Waals surface area contributed by atoms with Crippen molar-refractivity contribution in [2.24, 2.45) is 15.1 Å². The Labute approximate surface area is 221 Å². The number of nitrogens with zero attached hydrogens (tertiary/aromatic N) is 6. The predicted molar refractivity (Wildman–Crippen MR) is 135 cm³/mol. The summed E-state index contributed by atoms with van der Waals surface area (Å²) in [6.07, 6.45) is -2.80. The van der Waals surface area contributed by atoms with Crippen LogP contribution < -0.4 is 9.46 Å². The molecule has 1 amide bonds. The summed E-state index contributed by atoms with van der Waals surface area (Å²) in [6.45, 7) is 3.87. The molecule has 0 radical (unpaired) electrons. The Kier molecular flexibility index (Phi) is 7.42. The number of carbonyl (C=O) groups excluding carboxylic acids is 1. The topological polar surface area (TPSA) is 149 Å². The van der Waals surface area contributed by atoms with Crippen LogP contribution >= 0.6 is 0 Å². The fraction of sp³-hybridized carbons (Fsp3) is 0.333. The highest BCUT2D eigenvalue weighted by atomic mass is 32.2. The standard InChI is InChI=1S/C24H22F3N7O4S/c1-4-6-17-20-21(34(3)32-17)23(35)31-22(30-20)15-10-14(7-8-19(15)38-5-2)39(36,37)33-13-9-16(24(25,26)27)18(11-28)29-12-13/h7-10,12,21,33H,4-6H2,1-3H3. The number of carbonyl (C=O) groups is 1. The van der Waals surface area contributed by atoms with E-state index in [0.29, 0.717) is 23.9 Å². The number of halogens is 3. The number of nitriles is 1. The van der Waals surface area contributed by atoms with Gasteiger partial charge in [0.2, 0.25) is 0 Å². The average Bonchev–Trinajstić information content (AvgIpc) is 3.19. The SMILES string of the molecule is CCCC1=NN(C)C2C(=O)N=C(c3cc(S(=O)(=O)Nc4cnc(C#N)c(C(F)(F)F)c4)ccc3OCC)N=C12. The van der Waals surface area contributed by atoms with Crippen LogP contribution in [0.25, 0.3) is 0 Å². The maximum atomic E-state index is 13.3. The Morgan fingerprint density at radius 3 is 2.59 bits per heavy atom. The van der Waals surface area contributed by atoms with E-state index in [4.69, 9.17) is 10.00 Å². The first-order valence-electron chi connectivity index (χ1n) is 11.7. The number of benzene rings is 1. The minimum atomic E-state index is -4.93. The van der Waals surface area contributed by atoms with Gasteiger partial charge in [0.05, 0.1) is 40.2 Å². The summed E-state index contributed by atoms with van der Waals surface area (Å²) in [5.74, 6) is -0.416. The monoisotopic (exact) mass is 561 g/mol. The van der Waals surface area contributed by atoms with E-state index in [1.165, 1.54) is 29.3 Å². The van der Waals surface area contributed by atoms with Gasteiger partial charge in [0.25, 0.3) is 15.9 Å². The van der Waals surface area contributed by atoms with Crippen molar-refractivity contribution >= 4 is 38.9 Å². The average molecular weight is 562 g/mol.